The third-order valence-corrected chi connectivity index (χ3v) is 0.990. The van der Waals surface area contributed by atoms with Gasteiger partial charge in [0.2, 0.25) is 0 Å². The smallest absolute Gasteiger partial charge is 0.368 e. The molecule has 0 aliphatic carbocycles. The van der Waals surface area contributed by atoms with E-state index in [4.69, 9.17) is 5.73 Å². The molecular formula is C5H4FN3O2. The molecule has 1 heterocycles. The number of hydrogen-bond acceptors (Lipinski definition) is 4. The molecule has 0 spiro atoms. The molecule has 0 aliphatic rings. The number of nitrogens with zero attached hydrogens (tertiary/aromatic N) is 2. The molecule has 0 saturated heterocycles. The van der Waals surface area contributed by atoms with Crippen molar-refractivity contribution in [1.29, 1.82) is 0 Å². The van der Waals surface area contributed by atoms with Crippen LogP contribution in [0.5, 0.6) is 0 Å². The maximum atomic E-state index is 12.3. The van der Waals surface area contributed by atoms with E-state index in [0.29, 0.717) is 0 Å². The predicted octanol–water partition coefficient (Wildman–Crippen LogP) is 0.711. The molecule has 0 fully saturated rings. The van der Waals surface area contributed by atoms with Crippen LogP contribution in [0.25, 0.3) is 0 Å². The highest BCUT2D eigenvalue weighted by Crippen LogP contribution is 2.12. The highest BCUT2D eigenvalue weighted by molar-refractivity contribution is 5.42. The minimum absolute atomic E-state index is 0.01000. The Labute approximate surface area is 60.8 Å². The maximum absolute atomic E-state index is 12.3. The number of nitrogen functional groups attached to an aromatic ring is 1. The molecule has 0 unspecified atom stereocenters. The van der Waals surface area contributed by atoms with E-state index in [9.17, 15) is 14.5 Å². The molecule has 1 aromatic heterocycles. The van der Waals surface area contributed by atoms with Crippen LogP contribution in [0.15, 0.2) is 12.1 Å². The van der Waals surface area contributed by atoms with E-state index in [2.05, 4.69) is 4.98 Å². The number of halogens is 1. The van der Waals surface area contributed by atoms with Crippen LogP contribution < -0.4 is 5.73 Å². The number of rotatable bonds is 1. The van der Waals surface area contributed by atoms with Crippen LogP contribution in [0.2, 0.25) is 0 Å². The standard InChI is InChI=1S/C5H4FN3O2/c6-4-1-3(7)2-5(8-4)9(10)11/h1-2H,(H2,7,8). The fourth-order valence-corrected chi connectivity index (χ4v) is 0.596. The Morgan fingerprint density at radius 3 is 2.73 bits per heavy atom. The Morgan fingerprint density at radius 1 is 1.64 bits per heavy atom. The van der Waals surface area contributed by atoms with Crippen molar-refractivity contribution in [2.45, 2.75) is 0 Å². The van der Waals surface area contributed by atoms with Gasteiger partial charge in [0.1, 0.15) is 0 Å². The predicted molar refractivity (Wildman–Crippen MR) is 35.3 cm³/mol. The molecule has 58 valence electrons. The van der Waals surface area contributed by atoms with Crippen molar-refractivity contribution in [3.05, 3.63) is 28.2 Å². The molecule has 1 aromatic rings. The lowest BCUT2D eigenvalue weighted by molar-refractivity contribution is -0.389. The Balaban J connectivity index is 3.19. The van der Waals surface area contributed by atoms with E-state index in [1.54, 1.807) is 0 Å². The molecule has 0 amide bonds. The van der Waals surface area contributed by atoms with Gasteiger partial charge < -0.3 is 15.8 Å². The Morgan fingerprint density at radius 2 is 2.27 bits per heavy atom. The lowest BCUT2D eigenvalue weighted by Crippen LogP contribution is -1.96. The van der Waals surface area contributed by atoms with Crippen molar-refractivity contribution < 1.29 is 9.31 Å². The summed E-state index contributed by atoms with van der Waals surface area (Å²) in [5, 5.41) is 10.0. The minimum atomic E-state index is -0.948. The summed E-state index contributed by atoms with van der Waals surface area (Å²) in [6.07, 6.45) is 0. The quantitative estimate of drug-likeness (QED) is 0.369. The summed E-state index contributed by atoms with van der Waals surface area (Å²) >= 11 is 0. The fourth-order valence-electron chi connectivity index (χ4n) is 0.596. The molecule has 0 radical (unpaired) electrons. The zero-order valence-electron chi connectivity index (χ0n) is 5.32. The molecule has 0 aromatic carbocycles. The molecule has 0 bridgehead atoms. The summed E-state index contributed by atoms with van der Waals surface area (Å²) in [5.41, 5.74) is 5.10. The van der Waals surface area contributed by atoms with Crippen LogP contribution in [0.3, 0.4) is 0 Å². The van der Waals surface area contributed by atoms with E-state index in [0.717, 1.165) is 12.1 Å². The largest absolute Gasteiger partial charge is 0.398 e. The van der Waals surface area contributed by atoms with Crippen LogP contribution in [0.4, 0.5) is 15.9 Å². The molecular weight excluding hydrogens is 153 g/mol. The topological polar surface area (TPSA) is 82.0 Å². The van der Waals surface area contributed by atoms with E-state index in [1.807, 2.05) is 0 Å². The highest BCUT2D eigenvalue weighted by atomic mass is 19.1. The first-order valence-corrected chi connectivity index (χ1v) is 2.67. The first-order valence-electron chi connectivity index (χ1n) is 2.67. The number of aromatic nitrogens is 1. The van der Waals surface area contributed by atoms with Gasteiger partial charge in [0.15, 0.2) is 0 Å². The number of hydrogen-bond donors (Lipinski definition) is 1. The van der Waals surface area contributed by atoms with Crippen molar-refractivity contribution in [2.24, 2.45) is 0 Å². The van der Waals surface area contributed by atoms with Gasteiger partial charge in [-0.1, -0.05) is 0 Å². The average Bonchev–Trinajstić information content (AvgIpc) is 1.85. The third-order valence-electron chi connectivity index (χ3n) is 0.990. The Hall–Kier alpha value is -1.72. The Bertz CT molecular complexity index is 282. The number of anilines is 1. The van der Waals surface area contributed by atoms with E-state index in [1.165, 1.54) is 0 Å². The molecule has 1 rings (SSSR count). The number of nitrogens with two attached hydrogens (primary N) is 1. The second-order valence-corrected chi connectivity index (χ2v) is 1.84. The molecule has 11 heavy (non-hydrogen) atoms. The summed E-state index contributed by atoms with van der Waals surface area (Å²) in [7, 11) is 0. The van der Waals surface area contributed by atoms with Gasteiger partial charge in [-0.05, 0) is 9.91 Å². The van der Waals surface area contributed by atoms with Crippen molar-refractivity contribution >= 4 is 11.5 Å². The SMILES string of the molecule is Nc1cc(F)nc([N+](=O)[O-])c1. The van der Waals surface area contributed by atoms with E-state index >= 15 is 0 Å². The van der Waals surface area contributed by atoms with E-state index < -0.39 is 16.7 Å². The number of nitro groups is 1. The van der Waals surface area contributed by atoms with Gasteiger partial charge in [0.05, 0.1) is 6.07 Å². The normalized spacial score (nSPS) is 9.55. The van der Waals surface area contributed by atoms with Crippen molar-refractivity contribution in [2.75, 3.05) is 5.73 Å². The molecule has 5 nitrogen and oxygen atoms in total. The monoisotopic (exact) mass is 157 g/mol. The van der Waals surface area contributed by atoms with Crippen molar-refractivity contribution in [1.82, 2.24) is 4.98 Å². The third kappa shape index (κ3) is 1.60. The van der Waals surface area contributed by atoms with Gasteiger partial charge in [-0.3, -0.25) is 0 Å². The summed E-state index contributed by atoms with van der Waals surface area (Å²) in [5.74, 6) is -1.53. The molecule has 6 heteroatoms. The van der Waals surface area contributed by atoms with Gasteiger partial charge in [0, 0.05) is 11.8 Å². The van der Waals surface area contributed by atoms with Gasteiger partial charge in [-0.2, -0.15) is 4.39 Å². The summed E-state index contributed by atoms with van der Waals surface area (Å²) in [6.45, 7) is 0. The second-order valence-electron chi connectivity index (χ2n) is 1.84. The summed E-state index contributed by atoms with van der Waals surface area (Å²) in [6, 6.07) is 1.90. The van der Waals surface area contributed by atoms with Crippen molar-refractivity contribution in [3.8, 4) is 0 Å². The zero-order chi connectivity index (χ0) is 8.43. The molecule has 0 aliphatic heterocycles. The second kappa shape index (κ2) is 2.49. The molecule has 0 atom stereocenters. The first kappa shape index (κ1) is 7.39. The lowest BCUT2D eigenvalue weighted by Gasteiger charge is -1.92. The van der Waals surface area contributed by atoms with Crippen LogP contribution in [-0.4, -0.2) is 9.91 Å². The van der Waals surface area contributed by atoms with Crippen LogP contribution in [-0.2, 0) is 0 Å². The van der Waals surface area contributed by atoms with Gasteiger partial charge in [-0.25, -0.2) is 0 Å². The average molecular weight is 157 g/mol. The van der Waals surface area contributed by atoms with Crippen molar-refractivity contribution in [3.63, 3.8) is 0 Å². The highest BCUT2D eigenvalue weighted by Gasteiger charge is 2.10. The van der Waals surface area contributed by atoms with Crippen LogP contribution >= 0.6 is 0 Å². The van der Waals surface area contributed by atoms with Gasteiger partial charge >= 0.3 is 11.8 Å². The van der Waals surface area contributed by atoms with Gasteiger partial charge in [0.25, 0.3) is 0 Å². The summed E-state index contributed by atoms with van der Waals surface area (Å²) in [4.78, 5) is 12.2. The zero-order valence-corrected chi connectivity index (χ0v) is 5.32. The summed E-state index contributed by atoms with van der Waals surface area (Å²) < 4.78 is 12.3. The molecule has 0 saturated carbocycles. The fraction of sp³-hybridized carbons (Fsp3) is 0. The van der Waals surface area contributed by atoms with Crippen LogP contribution in [0.1, 0.15) is 0 Å². The number of pyridine rings is 1. The lowest BCUT2D eigenvalue weighted by atomic mass is 10.4. The van der Waals surface area contributed by atoms with Crippen LogP contribution in [0, 0.1) is 16.1 Å². The first-order chi connectivity index (χ1) is 5.09. The van der Waals surface area contributed by atoms with Gasteiger partial charge in [-0.15, -0.1) is 0 Å². The molecule has 2 N–H and O–H groups in total. The Kier molecular flexibility index (Phi) is 1.67. The minimum Gasteiger partial charge on any atom is -0.398 e. The van der Waals surface area contributed by atoms with E-state index in [-0.39, 0.29) is 5.69 Å². The maximum Gasteiger partial charge on any atom is 0.368 e.